The number of methoxy groups -OCH3 is 1. The number of alkyl carbamates (subject to hydrolysis) is 1. The van der Waals surface area contributed by atoms with Crippen LogP contribution in [-0.2, 0) is 14.3 Å². The first kappa shape index (κ1) is 20.6. The van der Waals surface area contributed by atoms with Gasteiger partial charge in [-0.2, -0.15) is 0 Å². The van der Waals surface area contributed by atoms with Gasteiger partial charge in [0.2, 0.25) is 0 Å². The molecule has 0 radical (unpaired) electrons. The minimum atomic E-state index is -1.19. The number of carbonyl (C=O) groups excluding carboxylic acids is 2. The number of esters is 1. The summed E-state index contributed by atoms with van der Waals surface area (Å²) in [6, 6.07) is 3.42. The Labute approximate surface area is 150 Å². The second-order valence-electron chi connectivity index (χ2n) is 6.09. The molecule has 0 aliphatic carbocycles. The Balaban J connectivity index is 2.73. The van der Waals surface area contributed by atoms with Gasteiger partial charge in [0, 0.05) is 16.3 Å². The van der Waals surface area contributed by atoms with E-state index in [0.717, 1.165) is 11.8 Å². The van der Waals surface area contributed by atoms with Crippen LogP contribution < -0.4 is 11.1 Å². The number of nitrogens with two attached hydrogens (primary N) is 1. The van der Waals surface area contributed by atoms with Crippen LogP contribution in [0.4, 0.5) is 10.5 Å². The van der Waals surface area contributed by atoms with E-state index in [0.29, 0.717) is 16.1 Å². The van der Waals surface area contributed by atoms with Crippen LogP contribution in [-0.4, -0.2) is 47.6 Å². The lowest BCUT2D eigenvalue weighted by molar-refractivity contribution is -0.138. The Morgan fingerprint density at radius 2 is 1.96 bits per heavy atom. The molecule has 0 aliphatic heterocycles. The Bertz CT molecular complexity index is 657. The third kappa shape index (κ3) is 6.92. The monoisotopic (exact) mass is 370 g/mol. The van der Waals surface area contributed by atoms with E-state index in [1.165, 1.54) is 19.2 Å². The molecule has 138 valence electrons. The van der Waals surface area contributed by atoms with Gasteiger partial charge in [0.15, 0.2) is 0 Å². The van der Waals surface area contributed by atoms with Gasteiger partial charge in [-0.3, -0.25) is 0 Å². The van der Waals surface area contributed by atoms with Gasteiger partial charge in [-0.1, -0.05) is 0 Å². The average molecular weight is 370 g/mol. The topological polar surface area (TPSA) is 128 Å². The van der Waals surface area contributed by atoms with Crippen LogP contribution in [0, 0.1) is 0 Å². The van der Waals surface area contributed by atoms with E-state index < -0.39 is 29.7 Å². The maximum absolute atomic E-state index is 11.7. The first-order chi connectivity index (χ1) is 11.5. The molecule has 0 saturated carbocycles. The SMILES string of the molecule is COC(=O)c1ccc(SC[C@H](NC(=O)OC(C)(C)C)C(=O)O)c(N)c1. The molecule has 0 saturated heterocycles. The fraction of sp³-hybridized carbons (Fsp3) is 0.438. The maximum atomic E-state index is 11.7. The number of ether oxygens (including phenoxy) is 2. The molecule has 0 heterocycles. The van der Waals surface area contributed by atoms with E-state index in [4.69, 9.17) is 10.5 Å². The molecule has 0 spiro atoms. The van der Waals surface area contributed by atoms with E-state index in [1.54, 1.807) is 26.8 Å². The normalized spacial score (nSPS) is 12.2. The van der Waals surface area contributed by atoms with Crippen LogP contribution in [0.25, 0.3) is 0 Å². The molecule has 0 aromatic heterocycles. The molecule has 9 heteroatoms. The summed E-state index contributed by atoms with van der Waals surface area (Å²) >= 11 is 1.14. The van der Waals surface area contributed by atoms with Gasteiger partial charge in [0.1, 0.15) is 11.6 Å². The molecule has 1 atom stereocenters. The minimum absolute atomic E-state index is 0.0380. The predicted molar refractivity (Wildman–Crippen MR) is 93.7 cm³/mol. The first-order valence-corrected chi connectivity index (χ1v) is 8.35. The van der Waals surface area contributed by atoms with Crippen LogP contribution in [0.3, 0.4) is 0 Å². The van der Waals surface area contributed by atoms with Crippen molar-refractivity contribution in [3.63, 3.8) is 0 Å². The van der Waals surface area contributed by atoms with Gasteiger partial charge in [-0.15, -0.1) is 11.8 Å². The number of aliphatic carboxylic acids is 1. The van der Waals surface area contributed by atoms with E-state index in [1.807, 2.05) is 0 Å². The molecule has 4 N–H and O–H groups in total. The highest BCUT2D eigenvalue weighted by molar-refractivity contribution is 7.99. The zero-order valence-corrected chi connectivity index (χ0v) is 15.3. The maximum Gasteiger partial charge on any atom is 0.408 e. The van der Waals surface area contributed by atoms with Gasteiger partial charge in [-0.25, -0.2) is 14.4 Å². The summed E-state index contributed by atoms with van der Waals surface area (Å²) in [5.41, 5.74) is 5.76. The van der Waals surface area contributed by atoms with Crippen molar-refractivity contribution in [1.29, 1.82) is 0 Å². The van der Waals surface area contributed by atoms with Crippen molar-refractivity contribution >= 4 is 35.5 Å². The van der Waals surface area contributed by atoms with Gasteiger partial charge < -0.3 is 25.6 Å². The molecular weight excluding hydrogens is 348 g/mol. The summed E-state index contributed by atoms with van der Waals surface area (Å²) in [5.74, 6) is -1.67. The number of carboxylic acids is 1. The lowest BCUT2D eigenvalue weighted by atomic mass is 10.2. The number of hydrogen-bond acceptors (Lipinski definition) is 7. The molecule has 0 fully saturated rings. The number of nitrogens with one attached hydrogen (secondary N) is 1. The van der Waals surface area contributed by atoms with Crippen molar-refractivity contribution in [1.82, 2.24) is 5.32 Å². The molecule has 0 bridgehead atoms. The number of anilines is 1. The van der Waals surface area contributed by atoms with Crippen LogP contribution in [0.5, 0.6) is 0 Å². The van der Waals surface area contributed by atoms with Crippen molar-refractivity contribution in [2.75, 3.05) is 18.6 Å². The number of benzene rings is 1. The van der Waals surface area contributed by atoms with Crippen molar-refractivity contribution in [2.45, 2.75) is 37.3 Å². The Kier molecular flexibility index (Phi) is 7.10. The summed E-state index contributed by atoms with van der Waals surface area (Å²) in [6.07, 6.45) is -0.811. The average Bonchev–Trinajstić information content (AvgIpc) is 2.49. The van der Waals surface area contributed by atoms with Crippen molar-refractivity contribution < 1.29 is 29.0 Å². The third-order valence-corrected chi connectivity index (χ3v) is 4.01. The molecule has 1 amide bonds. The highest BCUT2D eigenvalue weighted by Crippen LogP contribution is 2.27. The zero-order valence-electron chi connectivity index (χ0n) is 14.5. The smallest absolute Gasteiger partial charge is 0.408 e. The highest BCUT2D eigenvalue weighted by atomic mass is 32.2. The van der Waals surface area contributed by atoms with Crippen LogP contribution in [0.1, 0.15) is 31.1 Å². The summed E-state index contributed by atoms with van der Waals surface area (Å²) in [4.78, 5) is 35.1. The minimum Gasteiger partial charge on any atom is -0.480 e. The van der Waals surface area contributed by atoms with Crippen molar-refractivity contribution in [2.24, 2.45) is 0 Å². The van der Waals surface area contributed by atoms with Gasteiger partial charge >= 0.3 is 18.0 Å². The zero-order chi connectivity index (χ0) is 19.2. The summed E-state index contributed by atoms with van der Waals surface area (Å²) in [6.45, 7) is 5.04. The molecule has 25 heavy (non-hydrogen) atoms. The number of hydrogen-bond donors (Lipinski definition) is 3. The fourth-order valence-corrected chi connectivity index (χ4v) is 2.68. The van der Waals surface area contributed by atoms with Gasteiger partial charge in [0.05, 0.1) is 12.7 Å². The van der Waals surface area contributed by atoms with Crippen molar-refractivity contribution in [3.05, 3.63) is 23.8 Å². The number of carboxylic acid groups (broad SMARTS) is 1. The van der Waals surface area contributed by atoms with Crippen LogP contribution in [0.2, 0.25) is 0 Å². The van der Waals surface area contributed by atoms with Crippen LogP contribution in [0.15, 0.2) is 23.1 Å². The van der Waals surface area contributed by atoms with Crippen LogP contribution >= 0.6 is 11.8 Å². The van der Waals surface area contributed by atoms with Gasteiger partial charge in [0.25, 0.3) is 0 Å². The second kappa shape index (κ2) is 8.61. The fourth-order valence-electron chi connectivity index (χ4n) is 1.72. The largest absolute Gasteiger partial charge is 0.480 e. The van der Waals surface area contributed by atoms with Crippen molar-refractivity contribution in [3.8, 4) is 0 Å². The number of rotatable bonds is 6. The lowest BCUT2D eigenvalue weighted by Gasteiger charge is -2.22. The van der Waals surface area contributed by atoms with Gasteiger partial charge in [-0.05, 0) is 39.0 Å². The predicted octanol–water partition coefficient (Wildman–Crippen LogP) is 2.13. The number of nitrogen functional groups attached to an aromatic ring is 1. The Morgan fingerprint density at radius 3 is 2.44 bits per heavy atom. The first-order valence-electron chi connectivity index (χ1n) is 7.36. The summed E-state index contributed by atoms with van der Waals surface area (Å²) in [5, 5.41) is 11.5. The number of thioether (sulfide) groups is 1. The van der Waals surface area contributed by atoms with E-state index >= 15 is 0 Å². The Morgan fingerprint density at radius 1 is 1.32 bits per heavy atom. The highest BCUT2D eigenvalue weighted by Gasteiger charge is 2.24. The molecule has 0 aliphatic rings. The molecule has 1 aromatic carbocycles. The Hall–Kier alpha value is -2.42. The molecular formula is C16H22N2O6S. The second-order valence-corrected chi connectivity index (χ2v) is 7.15. The lowest BCUT2D eigenvalue weighted by Crippen LogP contribution is -2.44. The quantitative estimate of drug-likeness (QED) is 0.395. The van der Waals surface area contributed by atoms with E-state index in [-0.39, 0.29) is 5.75 Å². The standard InChI is InChI=1S/C16H22N2O6S/c1-16(2,3)24-15(22)18-11(13(19)20)8-25-12-6-5-9(7-10(12)17)14(21)23-4/h5-7,11H,8,17H2,1-4H3,(H,18,22)(H,19,20)/t11-/m0/s1. The summed E-state index contributed by atoms with van der Waals surface area (Å²) in [7, 11) is 1.26. The number of amides is 1. The molecule has 1 aromatic rings. The molecule has 1 rings (SSSR count). The third-order valence-electron chi connectivity index (χ3n) is 2.83. The van der Waals surface area contributed by atoms with E-state index in [9.17, 15) is 19.5 Å². The number of carbonyl (C=O) groups is 3. The molecule has 8 nitrogen and oxygen atoms in total. The summed E-state index contributed by atoms with van der Waals surface area (Å²) < 4.78 is 9.65. The molecule has 0 unspecified atom stereocenters. The van der Waals surface area contributed by atoms with E-state index in [2.05, 4.69) is 10.1 Å².